The van der Waals surface area contributed by atoms with Crippen LogP contribution in [0.3, 0.4) is 0 Å². The molecule has 7 nitrogen and oxygen atoms in total. The summed E-state index contributed by atoms with van der Waals surface area (Å²) in [4.78, 5) is 0. The Hall–Kier alpha value is -4.13. The second kappa shape index (κ2) is 11.0. The number of phenolic OH excluding ortho intramolecular Hbond substituents is 4. The quantitative estimate of drug-likeness (QED) is 0.372. The number of benzene rings is 3. The van der Waals surface area contributed by atoms with E-state index in [4.69, 9.17) is 20.4 Å². The van der Waals surface area contributed by atoms with Crippen LogP contribution in [-0.4, -0.2) is 35.8 Å². The zero-order valence-corrected chi connectivity index (χ0v) is 16.6. The highest BCUT2D eigenvalue weighted by Crippen LogP contribution is 2.22. The van der Waals surface area contributed by atoms with Gasteiger partial charge in [-0.2, -0.15) is 0 Å². The van der Waals surface area contributed by atoms with Crippen molar-refractivity contribution in [2.45, 2.75) is 13.8 Å². The molecule has 0 spiro atoms. The lowest BCUT2D eigenvalue weighted by Gasteiger charge is -2.05. The average Bonchev–Trinajstić information content (AvgIpc) is 2.71. The predicted octanol–water partition coefficient (Wildman–Crippen LogP) is 4.35. The maximum absolute atomic E-state index is 8.65. The molecule has 0 unspecified atom stereocenters. The molecule has 0 atom stereocenters. The second-order valence-electron chi connectivity index (χ2n) is 6.29. The fraction of sp³-hybridized carbons (Fsp3) is 0.0870. The fourth-order valence-electron chi connectivity index (χ4n) is 2.40. The van der Waals surface area contributed by atoms with E-state index >= 15 is 0 Å². The molecule has 4 N–H and O–H groups in total. The highest BCUT2D eigenvalue weighted by molar-refractivity contribution is 5.64. The molecule has 0 bridgehead atoms. The van der Waals surface area contributed by atoms with Gasteiger partial charge in [-0.1, -0.05) is 30.3 Å². The molecule has 0 aliphatic carbocycles. The van der Waals surface area contributed by atoms with Crippen molar-refractivity contribution in [3.05, 3.63) is 90.1 Å². The highest BCUT2D eigenvalue weighted by atomic mass is 16.3. The third-order valence-electron chi connectivity index (χ3n) is 4.04. The maximum atomic E-state index is 8.65. The molecule has 0 fully saturated rings. The van der Waals surface area contributed by atoms with Crippen molar-refractivity contribution in [1.29, 1.82) is 0 Å². The Bertz CT molecular complexity index is 995. The van der Waals surface area contributed by atoms with E-state index in [9.17, 15) is 0 Å². The van der Waals surface area contributed by atoms with Gasteiger partial charge in [0.15, 0.2) is 0 Å². The van der Waals surface area contributed by atoms with Gasteiger partial charge in [-0.25, -0.2) is 0 Å². The van der Waals surface area contributed by atoms with Gasteiger partial charge in [-0.15, -0.1) is 10.2 Å². The van der Waals surface area contributed by atoms with E-state index in [1.54, 1.807) is 18.3 Å². The summed E-state index contributed by atoms with van der Waals surface area (Å²) in [7, 11) is 0. The lowest BCUT2D eigenvalue weighted by atomic mass is 10.0. The average molecular weight is 405 g/mol. The minimum Gasteiger partial charge on any atom is -0.508 e. The summed E-state index contributed by atoms with van der Waals surface area (Å²) >= 11 is 0. The van der Waals surface area contributed by atoms with Gasteiger partial charge in [0, 0.05) is 17.7 Å². The van der Waals surface area contributed by atoms with Crippen LogP contribution >= 0.6 is 0 Å². The third-order valence-corrected chi connectivity index (χ3v) is 4.04. The summed E-state index contributed by atoms with van der Waals surface area (Å²) in [5, 5.41) is 45.9. The topological polar surface area (TPSA) is 120 Å². The van der Waals surface area contributed by atoms with Crippen LogP contribution in [0.2, 0.25) is 0 Å². The minimum atomic E-state index is 0.0880. The van der Waals surface area contributed by atoms with E-state index in [2.05, 4.69) is 35.3 Å². The first kappa shape index (κ1) is 22.2. The SMILES string of the molecule is Cc1cccc(-c2ccnnn2)c1C.Oc1cccc(O)c1.Oc1cccc(O)c1. The molecule has 4 aromatic rings. The highest BCUT2D eigenvalue weighted by Gasteiger charge is 2.04. The van der Waals surface area contributed by atoms with Crippen molar-refractivity contribution in [2.75, 3.05) is 0 Å². The summed E-state index contributed by atoms with van der Waals surface area (Å²) < 4.78 is 0. The lowest BCUT2D eigenvalue weighted by molar-refractivity contribution is 0.449. The first-order valence-corrected chi connectivity index (χ1v) is 9.03. The van der Waals surface area contributed by atoms with Gasteiger partial charge < -0.3 is 20.4 Å². The molecule has 7 heteroatoms. The second-order valence-corrected chi connectivity index (χ2v) is 6.29. The van der Waals surface area contributed by atoms with Crippen molar-refractivity contribution in [2.24, 2.45) is 0 Å². The minimum absolute atomic E-state index is 0.0880. The first-order valence-electron chi connectivity index (χ1n) is 9.03. The Morgan fingerprint density at radius 1 is 0.633 bits per heavy atom. The van der Waals surface area contributed by atoms with Crippen molar-refractivity contribution < 1.29 is 20.4 Å². The number of aromatic hydroxyl groups is 4. The molecule has 1 aromatic heterocycles. The van der Waals surface area contributed by atoms with Gasteiger partial charge in [0.1, 0.15) is 23.0 Å². The van der Waals surface area contributed by atoms with E-state index in [0.717, 1.165) is 11.3 Å². The Kier molecular flexibility index (Phi) is 8.14. The van der Waals surface area contributed by atoms with Crippen LogP contribution in [0, 0.1) is 13.8 Å². The Balaban J connectivity index is 0.000000172. The van der Waals surface area contributed by atoms with Crippen molar-refractivity contribution >= 4 is 0 Å². The first-order chi connectivity index (χ1) is 14.4. The van der Waals surface area contributed by atoms with Crippen LogP contribution in [0.4, 0.5) is 0 Å². The molecule has 0 saturated carbocycles. The van der Waals surface area contributed by atoms with Crippen LogP contribution in [-0.2, 0) is 0 Å². The number of aryl methyl sites for hydroxylation is 1. The van der Waals surface area contributed by atoms with Crippen molar-refractivity contribution in [1.82, 2.24) is 15.4 Å². The number of rotatable bonds is 1. The number of hydrogen-bond acceptors (Lipinski definition) is 7. The summed E-state index contributed by atoms with van der Waals surface area (Å²) in [5.41, 5.74) is 4.51. The van der Waals surface area contributed by atoms with Crippen molar-refractivity contribution in [3.8, 4) is 34.3 Å². The summed E-state index contributed by atoms with van der Waals surface area (Å²) in [6.07, 6.45) is 1.66. The Morgan fingerprint density at radius 2 is 1.13 bits per heavy atom. The van der Waals surface area contributed by atoms with Gasteiger partial charge in [-0.05, 0) is 60.5 Å². The number of nitrogens with zero attached hydrogens (tertiary/aromatic N) is 3. The summed E-state index contributed by atoms with van der Waals surface area (Å²) in [6, 6.07) is 19.7. The molecule has 0 radical (unpaired) electrons. The van der Waals surface area contributed by atoms with E-state index < -0.39 is 0 Å². The smallest absolute Gasteiger partial charge is 0.119 e. The maximum Gasteiger partial charge on any atom is 0.119 e. The molecular weight excluding hydrogens is 382 g/mol. The van der Waals surface area contributed by atoms with Crippen LogP contribution in [0.5, 0.6) is 23.0 Å². The van der Waals surface area contributed by atoms with Gasteiger partial charge in [0.2, 0.25) is 0 Å². The summed E-state index contributed by atoms with van der Waals surface area (Å²) in [5.74, 6) is 0.352. The molecule has 0 aliphatic heterocycles. The van der Waals surface area contributed by atoms with Crippen LogP contribution < -0.4 is 0 Å². The standard InChI is InChI=1S/C11H11N3.2C6H6O2/c1-8-4-3-5-10(9(8)2)11-6-7-12-14-13-11;2*7-5-2-1-3-6(8)4-5/h3-7H,1-2H3;2*1-4,7-8H. The predicted molar refractivity (Wildman–Crippen MR) is 114 cm³/mol. The van der Waals surface area contributed by atoms with Crippen molar-refractivity contribution in [3.63, 3.8) is 0 Å². The van der Waals surface area contributed by atoms with E-state index in [-0.39, 0.29) is 23.0 Å². The number of hydrogen-bond donors (Lipinski definition) is 4. The normalized spacial score (nSPS) is 9.53. The Labute approximate surface area is 174 Å². The molecular formula is C23H23N3O4. The molecule has 0 aliphatic rings. The zero-order chi connectivity index (χ0) is 21.9. The third kappa shape index (κ3) is 7.12. The van der Waals surface area contributed by atoms with Gasteiger partial charge >= 0.3 is 0 Å². The summed E-state index contributed by atoms with van der Waals surface area (Å²) in [6.45, 7) is 4.18. The number of phenols is 4. The lowest BCUT2D eigenvalue weighted by Crippen LogP contribution is -1.92. The van der Waals surface area contributed by atoms with Gasteiger partial charge in [-0.3, -0.25) is 0 Å². The molecule has 0 saturated heterocycles. The van der Waals surface area contributed by atoms with Gasteiger partial charge in [0.25, 0.3) is 0 Å². The van der Waals surface area contributed by atoms with E-state index in [1.807, 2.05) is 18.2 Å². The van der Waals surface area contributed by atoms with E-state index in [1.165, 1.54) is 47.5 Å². The molecule has 154 valence electrons. The fourth-order valence-corrected chi connectivity index (χ4v) is 2.40. The molecule has 30 heavy (non-hydrogen) atoms. The molecule has 0 amide bonds. The van der Waals surface area contributed by atoms with Gasteiger partial charge in [0.05, 0.1) is 11.9 Å². The van der Waals surface area contributed by atoms with Crippen LogP contribution in [0.25, 0.3) is 11.3 Å². The zero-order valence-electron chi connectivity index (χ0n) is 16.6. The van der Waals surface area contributed by atoms with Crippen LogP contribution in [0.1, 0.15) is 11.1 Å². The number of aromatic nitrogens is 3. The molecule has 3 aromatic carbocycles. The monoisotopic (exact) mass is 405 g/mol. The largest absolute Gasteiger partial charge is 0.508 e. The van der Waals surface area contributed by atoms with Crippen LogP contribution in [0.15, 0.2) is 79.0 Å². The molecule has 1 heterocycles. The van der Waals surface area contributed by atoms with E-state index in [0.29, 0.717) is 0 Å². The Morgan fingerprint density at radius 3 is 1.53 bits per heavy atom. The molecule has 4 rings (SSSR count).